The summed E-state index contributed by atoms with van der Waals surface area (Å²) in [6, 6.07) is 14.3. The summed E-state index contributed by atoms with van der Waals surface area (Å²) >= 11 is 14.5. The number of hydrogen-bond donors (Lipinski definition) is 0. The minimum Gasteiger partial charge on any atom is -0.493 e. The van der Waals surface area contributed by atoms with Gasteiger partial charge in [0.1, 0.15) is 17.5 Å². The largest absolute Gasteiger partial charge is 0.493 e. The van der Waals surface area contributed by atoms with E-state index in [1.807, 2.05) is 18.2 Å². The lowest BCUT2D eigenvalue weighted by Gasteiger charge is -2.07. The number of nitrogens with zero attached hydrogens (tertiary/aromatic N) is 6. The molecule has 0 amide bonds. The van der Waals surface area contributed by atoms with Gasteiger partial charge in [0, 0.05) is 34.9 Å². The third-order valence-electron chi connectivity index (χ3n) is 7.55. The van der Waals surface area contributed by atoms with E-state index in [1.54, 1.807) is 80.6 Å². The first-order chi connectivity index (χ1) is 25.1. The lowest BCUT2D eigenvalue weighted by atomic mass is 10.1. The van der Waals surface area contributed by atoms with Crippen molar-refractivity contribution in [1.29, 1.82) is 0 Å². The number of aromatic nitrogens is 6. The predicted octanol–water partition coefficient (Wildman–Crippen LogP) is 7.55. The summed E-state index contributed by atoms with van der Waals surface area (Å²) < 4.78 is 34.5. The third-order valence-corrected chi connectivity index (χ3v) is 10.2. The number of ether oxygens (including phenoxy) is 6. The molecular weight excluding hydrogens is 755 g/mol. The molecule has 7 aromatic rings. The summed E-state index contributed by atoms with van der Waals surface area (Å²) in [5.41, 5.74) is 4.16. The highest BCUT2D eigenvalue weighted by Gasteiger charge is 2.23. The van der Waals surface area contributed by atoms with Crippen molar-refractivity contribution in [1.82, 2.24) is 29.1 Å². The number of methoxy groups -OCH3 is 6. The topological polar surface area (TPSA) is 151 Å². The Balaban J connectivity index is 0.000000183. The number of imidazole rings is 2. The van der Waals surface area contributed by atoms with E-state index in [0.717, 1.165) is 27.9 Å². The Labute approximate surface area is 314 Å². The number of halogens is 2. The first-order valence-corrected chi connectivity index (χ1v) is 17.3. The van der Waals surface area contributed by atoms with Crippen molar-refractivity contribution in [2.45, 2.75) is 0 Å². The molecule has 7 rings (SSSR count). The van der Waals surface area contributed by atoms with Gasteiger partial charge in [-0.15, -0.1) is 0 Å². The van der Waals surface area contributed by atoms with Gasteiger partial charge in [-0.05, 0) is 12.1 Å². The molecule has 0 atom stereocenters. The molecular formula is C34H28Cl2N6O8S2. The van der Waals surface area contributed by atoms with Crippen molar-refractivity contribution >= 4 is 79.9 Å². The van der Waals surface area contributed by atoms with Crippen LogP contribution in [0.4, 0.5) is 0 Å². The van der Waals surface area contributed by atoms with Crippen molar-refractivity contribution < 1.29 is 38.0 Å². The Morgan fingerprint density at radius 1 is 0.635 bits per heavy atom. The van der Waals surface area contributed by atoms with Gasteiger partial charge in [-0.25, -0.2) is 29.5 Å². The minimum absolute atomic E-state index is 0.0965. The molecule has 0 aliphatic heterocycles. The van der Waals surface area contributed by atoms with E-state index in [-0.39, 0.29) is 10.0 Å². The molecule has 0 saturated heterocycles. The number of esters is 2. The van der Waals surface area contributed by atoms with Crippen molar-refractivity contribution in [3.05, 3.63) is 81.1 Å². The number of thiazole rings is 2. The normalized spacial score (nSPS) is 10.8. The number of carbonyl (C=O) groups excluding carboxylic acids is 2. The second-order valence-electron chi connectivity index (χ2n) is 10.4. The fourth-order valence-corrected chi connectivity index (χ4v) is 7.43. The summed E-state index contributed by atoms with van der Waals surface area (Å²) in [6.07, 6.45) is 3.24. The Morgan fingerprint density at radius 3 is 1.62 bits per heavy atom. The highest BCUT2D eigenvalue weighted by atomic mass is 35.5. The van der Waals surface area contributed by atoms with Gasteiger partial charge in [-0.3, -0.25) is 9.13 Å². The van der Waals surface area contributed by atoms with Crippen LogP contribution in [-0.4, -0.2) is 83.7 Å². The monoisotopic (exact) mass is 782 g/mol. The van der Waals surface area contributed by atoms with Crippen molar-refractivity contribution in [3.63, 3.8) is 0 Å². The van der Waals surface area contributed by atoms with E-state index in [4.69, 9.17) is 51.9 Å². The minimum atomic E-state index is -0.526. The van der Waals surface area contributed by atoms with E-state index < -0.39 is 11.9 Å². The molecule has 0 unspecified atom stereocenters. The SMILES string of the molecule is COC(=O)c1sc(-n2cnc3cc(OC)c(OC)cc32)nc1-c1cccc(Cl)c1.COC(=O)c1sc(-n2cnc3cc(OC)c(OC)cc32)nc1Cl. The third kappa shape index (κ3) is 6.92. The molecule has 268 valence electrons. The van der Waals surface area contributed by atoms with Crippen LogP contribution in [0.25, 0.3) is 43.6 Å². The van der Waals surface area contributed by atoms with E-state index in [9.17, 15) is 9.59 Å². The second kappa shape index (κ2) is 15.4. The first-order valence-electron chi connectivity index (χ1n) is 14.9. The lowest BCUT2D eigenvalue weighted by molar-refractivity contribution is 0.0597. The van der Waals surface area contributed by atoms with Gasteiger partial charge in [-0.2, -0.15) is 0 Å². The number of hydrogen-bond acceptors (Lipinski definition) is 14. The average Bonchev–Trinajstić information content (AvgIpc) is 3.97. The number of fused-ring (bicyclic) bond motifs is 2. The molecule has 3 aromatic carbocycles. The second-order valence-corrected chi connectivity index (χ2v) is 13.2. The molecule has 0 spiro atoms. The smallest absolute Gasteiger partial charge is 0.351 e. The lowest BCUT2D eigenvalue weighted by Crippen LogP contribution is -2.00. The fourth-order valence-electron chi connectivity index (χ4n) is 5.06. The van der Waals surface area contributed by atoms with Crippen LogP contribution in [0.5, 0.6) is 23.0 Å². The molecule has 0 bridgehead atoms. The van der Waals surface area contributed by atoms with Gasteiger partial charge in [0.05, 0.1) is 70.4 Å². The van der Waals surface area contributed by atoms with E-state index in [0.29, 0.717) is 59.9 Å². The summed E-state index contributed by atoms with van der Waals surface area (Å²) in [7, 11) is 8.89. The summed E-state index contributed by atoms with van der Waals surface area (Å²) in [5.74, 6) is 1.31. The van der Waals surface area contributed by atoms with Crippen LogP contribution in [0.3, 0.4) is 0 Å². The van der Waals surface area contributed by atoms with Crippen molar-refractivity contribution in [2.75, 3.05) is 42.7 Å². The molecule has 0 saturated carbocycles. The standard InChI is InChI=1S/C20H16ClN3O4S.C14H12ClN3O4S/c1-26-15-8-13-14(9-16(15)27-2)24(10-22-13)20-23-17(18(29-20)19(25)28-3)11-5-4-6-12(21)7-11;1-20-9-4-7-8(5-10(9)21-2)18(6-16-7)14-17-12(15)11(23-14)13(19)22-3/h4-10H,1-3H3;4-6H,1-3H3. The maximum Gasteiger partial charge on any atom is 0.351 e. The Morgan fingerprint density at radius 2 is 1.12 bits per heavy atom. The van der Waals surface area contributed by atoms with Crippen LogP contribution in [0.15, 0.2) is 61.2 Å². The maximum atomic E-state index is 12.4. The van der Waals surface area contributed by atoms with Crippen molar-refractivity contribution in [3.8, 4) is 44.5 Å². The van der Waals surface area contributed by atoms with Crippen molar-refractivity contribution in [2.24, 2.45) is 0 Å². The number of benzene rings is 3. The van der Waals surface area contributed by atoms with Gasteiger partial charge < -0.3 is 28.4 Å². The highest BCUT2D eigenvalue weighted by Crippen LogP contribution is 2.37. The molecule has 0 N–H and O–H groups in total. The number of rotatable bonds is 9. The van der Waals surface area contributed by atoms with Crippen LogP contribution in [0.1, 0.15) is 19.3 Å². The Hall–Kier alpha value is -5.42. The molecule has 18 heteroatoms. The summed E-state index contributed by atoms with van der Waals surface area (Å²) in [6.45, 7) is 0. The van der Waals surface area contributed by atoms with E-state index >= 15 is 0 Å². The summed E-state index contributed by atoms with van der Waals surface area (Å²) in [4.78, 5) is 42.3. The quantitative estimate of drug-likeness (QED) is 0.133. The van der Waals surface area contributed by atoms with Crippen LogP contribution >= 0.6 is 45.9 Å². The molecule has 0 radical (unpaired) electrons. The highest BCUT2D eigenvalue weighted by molar-refractivity contribution is 7.16. The van der Waals surface area contributed by atoms with Gasteiger partial charge >= 0.3 is 11.9 Å². The van der Waals surface area contributed by atoms with Crippen LogP contribution in [0.2, 0.25) is 10.2 Å². The predicted molar refractivity (Wildman–Crippen MR) is 198 cm³/mol. The zero-order valence-corrected chi connectivity index (χ0v) is 31.4. The number of carbonyl (C=O) groups is 2. The molecule has 52 heavy (non-hydrogen) atoms. The zero-order chi connectivity index (χ0) is 37.1. The Kier molecular flexibility index (Phi) is 10.8. The summed E-state index contributed by atoms with van der Waals surface area (Å²) in [5, 5.41) is 1.72. The van der Waals surface area contributed by atoms with Gasteiger partial charge in [-0.1, -0.05) is 58.0 Å². The molecule has 0 aliphatic rings. The Bertz CT molecular complexity index is 2440. The van der Waals surface area contributed by atoms with E-state index in [2.05, 4.69) is 19.7 Å². The van der Waals surface area contributed by atoms with Crippen LogP contribution in [-0.2, 0) is 9.47 Å². The molecule has 0 fully saturated rings. The van der Waals surface area contributed by atoms with Crippen LogP contribution in [0, 0.1) is 0 Å². The average molecular weight is 784 g/mol. The first kappa shape index (κ1) is 36.4. The van der Waals surface area contributed by atoms with Gasteiger partial charge in [0.2, 0.25) is 0 Å². The van der Waals surface area contributed by atoms with Crippen LogP contribution < -0.4 is 18.9 Å². The maximum absolute atomic E-state index is 12.4. The molecule has 4 aromatic heterocycles. The molecule has 14 nitrogen and oxygen atoms in total. The fraction of sp³-hybridized carbons (Fsp3) is 0.176. The van der Waals surface area contributed by atoms with Gasteiger partial charge in [0.25, 0.3) is 0 Å². The van der Waals surface area contributed by atoms with Gasteiger partial charge in [0.15, 0.2) is 43.3 Å². The van der Waals surface area contributed by atoms with E-state index in [1.165, 1.54) is 25.6 Å². The zero-order valence-electron chi connectivity index (χ0n) is 28.3. The molecule has 0 aliphatic carbocycles. The molecule has 4 heterocycles.